The highest BCUT2D eigenvalue weighted by atomic mass is 35.6. The molecule has 1 fully saturated rings. The van der Waals surface area contributed by atoms with Crippen molar-refractivity contribution in [3.8, 4) is 0 Å². The Hall–Kier alpha value is -1.98. The molecule has 2 N–H and O–H groups in total. The van der Waals surface area contributed by atoms with Gasteiger partial charge in [-0.3, -0.25) is 4.79 Å². The van der Waals surface area contributed by atoms with Crippen LogP contribution < -0.4 is 10.6 Å². The third-order valence-corrected chi connectivity index (χ3v) is 5.88. The molecule has 2 amide bonds. The predicted molar refractivity (Wildman–Crippen MR) is 133 cm³/mol. The van der Waals surface area contributed by atoms with Crippen LogP contribution in [0.4, 0.5) is 9.59 Å². The van der Waals surface area contributed by atoms with E-state index >= 15 is 0 Å². The Kier molecular flexibility index (Phi) is 12.3. The van der Waals surface area contributed by atoms with Crippen molar-refractivity contribution in [2.75, 3.05) is 26.4 Å². The lowest BCUT2D eigenvalue weighted by molar-refractivity contribution is -0.242. The lowest BCUT2D eigenvalue weighted by Crippen LogP contribution is -2.59. The fourth-order valence-corrected chi connectivity index (χ4v) is 3.62. The van der Waals surface area contributed by atoms with Gasteiger partial charge in [0.15, 0.2) is 6.29 Å². The fraction of sp³-hybridized carbons (Fsp3) is 0.609. The van der Waals surface area contributed by atoms with Crippen LogP contribution in [0.5, 0.6) is 0 Å². The number of halogens is 3. The normalized spacial score (nSPS) is 23.9. The summed E-state index contributed by atoms with van der Waals surface area (Å²) in [5.41, 5.74) is 0.858. The first-order chi connectivity index (χ1) is 17.0. The molecule has 202 valence electrons. The number of nitrogens with one attached hydrogen (secondary N) is 2. The Morgan fingerprint density at radius 3 is 2.33 bits per heavy atom. The molecule has 0 aliphatic carbocycles. The van der Waals surface area contributed by atoms with Gasteiger partial charge in [-0.25, -0.2) is 9.59 Å². The van der Waals surface area contributed by atoms with Crippen LogP contribution in [0, 0.1) is 11.8 Å². The minimum absolute atomic E-state index is 0.0230. The van der Waals surface area contributed by atoms with E-state index in [0.29, 0.717) is 0 Å². The Bertz CT molecular complexity index is 856. The van der Waals surface area contributed by atoms with E-state index in [1.54, 1.807) is 0 Å². The Balaban J connectivity index is 1.91. The van der Waals surface area contributed by atoms with Crippen molar-refractivity contribution in [3.05, 3.63) is 35.9 Å². The van der Waals surface area contributed by atoms with E-state index in [9.17, 15) is 14.4 Å². The number of benzene rings is 1. The summed E-state index contributed by atoms with van der Waals surface area (Å²) in [6.45, 7) is 4.98. The van der Waals surface area contributed by atoms with Crippen LogP contribution in [0.3, 0.4) is 0 Å². The fourth-order valence-electron chi connectivity index (χ4n) is 3.45. The molecule has 5 unspecified atom stereocenters. The maximum Gasteiger partial charge on any atom is 0.407 e. The summed E-state index contributed by atoms with van der Waals surface area (Å²) in [4.78, 5) is 35.5. The summed E-state index contributed by atoms with van der Waals surface area (Å²) >= 11 is 16.9. The molecule has 0 radical (unpaired) electrons. The number of ether oxygens (including phenoxy) is 5. The standard InChI is InChI=1S/C23H31Cl3N2O8/c1-14-15(2)19(28-22(31)35-13-23(24,25)26)20(36-18(14)12-33-16(3)29)32-10-9-27-21(30)34-11-17-7-5-4-6-8-17/h4-8,14-15,18-20H,9-13H2,1-3H3,(H,27,30)(H,28,31). The van der Waals surface area contributed by atoms with E-state index in [0.717, 1.165) is 5.56 Å². The van der Waals surface area contributed by atoms with Crippen LogP contribution in [0.15, 0.2) is 30.3 Å². The lowest BCUT2D eigenvalue weighted by Gasteiger charge is -2.44. The van der Waals surface area contributed by atoms with Gasteiger partial charge in [0.1, 0.15) is 19.8 Å². The zero-order valence-corrected chi connectivity index (χ0v) is 22.5. The molecule has 13 heteroatoms. The molecule has 2 rings (SSSR count). The second-order valence-corrected chi connectivity index (χ2v) is 10.8. The van der Waals surface area contributed by atoms with Crippen LogP contribution in [-0.2, 0) is 35.1 Å². The lowest BCUT2D eigenvalue weighted by atomic mass is 9.82. The number of carbonyl (C=O) groups excluding carboxylic acids is 3. The van der Waals surface area contributed by atoms with E-state index in [-0.39, 0.29) is 38.2 Å². The van der Waals surface area contributed by atoms with Crippen molar-refractivity contribution >= 4 is 53.0 Å². The van der Waals surface area contributed by atoms with Gasteiger partial charge in [0.05, 0.1) is 18.8 Å². The van der Waals surface area contributed by atoms with Gasteiger partial charge < -0.3 is 34.3 Å². The van der Waals surface area contributed by atoms with Crippen LogP contribution in [0.1, 0.15) is 26.3 Å². The van der Waals surface area contributed by atoms with E-state index < -0.39 is 47.0 Å². The van der Waals surface area contributed by atoms with Gasteiger partial charge in [-0.1, -0.05) is 79.0 Å². The van der Waals surface area contributed by atoms with Gasteiger partial charge in [-0.2, -0.15) is 0 Å². The van der Waals surface area contributed by atoms with Gasteiger partial charge in [0.2, 0.25) is 3.79 Å². The minimum Gasteiger partial charge on any atom is -0.463 e. The SMILES string of the molecule is CC(=O)OCC1OC(OCCNC(=O)OCc2ccccc2)C(NC(=O)OCC(Cl)(Cl)Cl)C(C)C1C. The van der Waals surface area contributed by atoms with E-state index in [2.05, 4.69) is 10.6 Å². The van der Waals surface area contributed by atoms with Crippen LogP contribution in [0.25, 0.3) is 0 Å². The smallest absolute Gasteiger partial charge is 0.407 e. The number of hydrogen-bond donors (Lipinski definition) is 2. The highest BCUT2D eigenvalue weighted by Crippen LogP contribution is 2.32. The molecule has 1 aliphatic rings. The molecule has 0 bridgehead atoms. The molecule has 1 saturated heterocycles. The van der Waals surface area contributed by atoms with Gasteiger partial charge in [-0.05, 0) is 17.4 Å². The minimum atomic E-state index is -1.76. The average Bonchev–Trinajstić information content (AvgIpc) is 2.82. The van der Waals surface area contributed by atoms with Gasteiger partial charge in [0.25, 0.3) is 0 Å². The molecule has 1 heterocycles. The van der Waals surface area contributed by atoms with Crippen LogP contribution in [-0.4, -0.2) is 66.7 Å². The van der Waals surface area contributed by atoms with Gasteiger partial charge in [-0.15, -0.1) is 0 Å². The van der Waals surface area contributed by atoms with Crippen molar-refractivity contribution in [1.82, 2.24) is 10.6 Å². The van der Waals surface area contributed by atoms with Gasteiger partial charge >= 0.3 is 18.2 Å². The molecule has 0 saturated carbocycles. The number of alkyl halides is 3. The number of amides is 2. The summed E-state index contributed by atoms with van der Waals surface area (Å²) in [5.74, 6) is -0.730. The molecular formula is C23H31Cl3N2O8. The van der Waals surface area contributed by atoms with Crippen molar-refractivity contribution in [1.29, 1.82) is 0 Å². The molecule has 0 aromatic heterocycles. The molecule has 10 nitrogen and oxygen atoms in total. The summed E-state index contributed by atoms with van der Waals surface area (Å²) in [5, 5.41) is 5.28. The van der Waals surface area contributed by atoms with Crippen molar-refractivity contribution in [2.24, 2.45) is 11.8 Å². The zero-order valence-electron chi connectivity index (χ0n) is 20.2. The number of rotatable bonds is 10. The third kappa shape index (κ3) is 11.0. The van der Waals surface area contributed by atoms with Crippen LogP contribution >= 0.6 is 34.8 Å². The van der Waals surface area contributed by atoms with E-state index in [1.165, 1.54) is 6.92 Å². The highest BCUT2D eigenvalue weighted by Gasteiger charge is 2.43. The number of carbonyl (C=O) groups is 3. The maximum absolute atomic E-state index is 12.3. The summed E-state index contributed by atoms with van der Waals surface area (Å²) in [7, 11) is 0. The molecule has 1 aliphatic heterocycles. The molecule has 36 heavy (non-hydrogen) atoms. The number of alkyl carbamates (subject to hydrolysis) is 2. The first-order valence-electron chi connectivity index (χ1n) is 11.3. The first kappa shape index (κ1) is 30.2. The van der Waals surface area contributed by atoms with Gasteiger partial charge in [0, 0.05) is 13.5 Å². The molecule has 1 aromatic rings. The van der Waals surface area contributed by atoms with Crippen molar-refractivity contribution in [3.63, 3.8) is 0 Å². The average molecular weight is 570 g/mol. The zero-order chi connectivity index (χ0) is 26.7. The second-order valence-electron chi connectivity index (χ2n) is 8.28. The first-order valence-corrected chi connectivity index (χ1v) is 12.4. The molecule has 0 spiro atoms. The number of esters is 1. The summed E-state index contributed by atoms with van der Waals surface area (Å²) in [6, 6.07) is 8.62. The topological polar surface area (TPSA) is 121 Å². The van der Waals surface area contributed by atoms with E-state index in [4.69, 9.17) is 58.5 Å². The predicted octanol–water partition coefficient (Wildman–Crippen LogP) is 3.95. The highest BCUT2D eigenvalue weighted by molar-refractivity contribution is 6.67. The Morgan fingerprint density at radius 2 is 1.69 bits per heavy atom. The summed E-state index contributed by atoms with van der Waals surface area (Å²) < 4.78 is 25.3. The maximum atomic E-state index is 12.3. The number of hydrogen-bond acceptors (Lipinski definition) is 8. The second kappa shape index (κ2) is 14.7. The quantitative estimate of drug-likeness (QED) is 0.188. The van der Waals surface area contributed by atoms with Crippen molar-refractivity contribution < 1.29 is 38.1 Å². The summed E-state index contributed by atoms with van der Waals surface area (Å²) in [6.07, 6.45) is -2.83. The van der Waals surface area contributed by atoms with Crippen LogP contribution in [0.2, 0.25) is 0 Å². The Morgan fingerprint density at radius 1 is 1.00 bits per heavy atom. The largest absolute Gasteiger partial charge is 0.463 e. The van der Waals surface area contributed by atoms with Crippen molar-refractivity contribution in [2.45, 2.75) is 49.6 Å². The van der Waals surface area contributed by atoms with E-state index in [1.807, 2.05) is 44.2 Å². The molecular weight excluding hydrogens is 539 g/mol. The third-order valence-electron chi connectivity index (χ3n) is 5.55. The monoisotopic (exact) mass is 568 g/mol. The molecule has 5 atom stereocenters. The molecule has 1 aromatic carbocycles. The Labute approximate surface area is 225 Å².